The Bertz CT molecular complexity index is 1100. The summed E-state index contributed by atoms with van der Waals surface area (Å²) in [5.74, 6) is 1.48. The van der Waals surface area contributed by atoms with Crippen LogP contribution in [0, 0.1) is 5.92 Å². The van der Waals surface area contributed by atoms with Crippen molar-refractivity contribution < 1.29 is 9.47 Å². The molecule has 0 bridgehead atoms. The highest BCUT2D eigenvalue weighted by atomic mass is 35.5. The summed E-state index contributed by atoms with van der Waals surface area (Å²) in [5.41, 5.74) is 3.04. The molecule has 1 aromatic carbocycles. The number of fused-ring (bicyclic) bond motifs is 1. The monoisotopic (exact) mass is 478 g/mol. The fraction of sp³-hybridized carbons (Fsp3) is 0.409. The van der Waals surface area contributed by atoms with Crippen LogP contribution in [0.25, 0.3) is 22.2 Å². The molecule has 0 N–H and O–H groups in total. The Morgan fingerprint density at radius 2 is 1.84 bits per heavy atom. The fourth-order valence-corrected chi connectivity index (χ4v) is 5.07. The minimum Gasteiger partial charge on any atom is -0.495 e. The van der Waals surface area contributed by atoms with E-state index in [9.17, 15) is 0 Å². The van der Waals surface area contributed by atoms with Gasteiger partial charge in [0.05, 0.1) is 41.2 Å². The summed E-state index contributed by atoms with van der Waals surface area (Å²) in [5, 5.41) is 2.42. The molecule has 3 aromatic rings. The highest BCUT2D eigenvalue weighted by molar-refractivity contribution is 7.98. The molecule has 4 rings (SSSR count). The van der Waals surface area contributed by atoms with Gasteiger partial charge in [-0.3, -0.25) is 4.98 Å². The molecule has 0 spiro atoms. The number of rotatable bonds is 6. The third kappa shape index (κ3) is 4.42. The van der Waals surface area contributed by atoms with Crippen LogP contribution < -0.4 is 9.47 Å². The van der Waals surface area contributed by atoms with E-state index in [0.29, 0.717) is 38.7 Å². The summed E-state index contributed by atoms with van der Waals surface area (Å²) in [4.78, 5) is 16.6. The number of pyridine rings is 1. The van der Waals surface area contributed by atoms with Crippen LogP contribution in [0.4, 0.5) is 0 Å². The maximum atomic E-state index is 6.67. The number of nitrogens with zero attached hydrogens (tertiary/aromatic N) is 4. The van der Waals surface area contributed by atoms with Crippen molar-refractivity contribution in [2.75, 3.05) is 40.6 Å². The highest BCUT2D eigenvalue weighted by Crippen LogP contribution is 2.46. The third-order valence-corrected chi connectivity index (χ3v) is 6.91. The first kappa shape index (κ1) is 22.4. The molecule has 1 unspecified atom stereocenters. The van der Waals surface area contributed by atoms with Gasteiger partial charge in [-0.1, -0.05) is 35.0 Å². The topological polar surface area (TPSA) is 60.4 Å². The zero-order valence-corrected chi connectivity index (χ0v) is 20.2. The maximum Gasteiger partial charge on any atom is 0.187 e. The average molecular weight is 479 g/mol. The molecule has 31 heavy (non-hydrogen) atoms. The van der Waals surface area contributed by atoms with E-state index in [1.165, 1.54) is 11.8 Å². The Kier molecular flexibility index (Phi) is 6.77. The van der Waals surface area contributed by atoms with Gasteiger partial charge in [-0.2, -0.15) is 0 Å². The molecule has 3 heterocycles. The lowest BCUT2D eigenvalue weighted by molar-refractivity contribution is 0.394. The van der Waals surface area contributed by atoms with Crippen LogP contribution in [-0.4, -0.2) is 60.5 Å². The molecule has 0 saturated carbocycles. The van der Waals surface area contributed by atoms with Crippen molar-refractivity contribution in [3.8, 4) is 22.8 Å². The Labute approximate surface area is 196 Å². The molecule has 1 aliphatic rings. The zero-order chi connectivity index (χ0) is 22.1. The standard InChI is InChI=1S/C22H24Cl2N4O2S/c1-28-6-5-12(11-28)7-15-21-13(10-25-22(27-21)31-4)8-14(26-15)18-19(23)16(29-2)9-17(30-3)20(18)24/h8-10,12H,5-7,11H2,1-4H3. The molecule has 2 aromatic heterocycles. The van der Waals surface area contributed by atoms with Gasteiger partial charge in [0, 0.05) is 29.8 Å². The van der Waals surface area contributed by atoms with Crippen LogP contribution in [0.5, 0.6) is 11.5 Å². The second-order valence-electron chi connectivity index (χ2n) is 7.65. The van der Waals surface area contributed by atoms with Crippen molar-refractivity contribution in [1.82, 2.24) is 19.9 Å². The molecule has 0 aliphatic carbocycles. The van der Waals surface area contributed by atoms with Gasteiger partial charge in [-0.25, -0.2) is 9.97 Å². The minimum absolute atomic E-state index is 0.397. The van der Waals surface area contributed by atoms with Crippen molar-refractivity contribution in [1.29, 1.82) is 0 Å². The van der Waals surface area contributed by atoms with E-state index < -0.39 is 0 Å². The van der Waals surface area contributed by atoms with Gasteiger partial charge in [-0.05, 0) is 44.7 Å². The van der Waals surface area contributed by atoms with Crippen LogP contribution in [-0.2, 0) is 6.42 Å². The second kappa shape index (κ2) is 9.36. The molecule has 164 valence electrons. The summed E-state index contributed by atoms with van der Waals surface area (Å²) in [7, 11) is 5.27. The van der Waals surface area contributed by atoms with Gasteiger partial charge in [0.1, 0.15) is 11.5 Å². The molecule has 0 radical (unpaired) electrons. The number of halogens is 2. The molecule has 0 amide bonds. The molecule has 9 heteroatoms. The van der Waals surface area contributed by atoms with Crippen molar-refractivity contribution in [2.45, 2.75) is 18.0 Å². The predicted molar refractivity (Wildman–Crippen MR) is 127 cm³/mol. The number of hydrogen-bond acceptors (Lipinski definition) is 7. The lowest BCUT2D eigenvalue weighted by Crippen LogP contribution is -2.15. The van der Waals surface area contributed by atoms with Gasteiger partial charge in [0.25, 0.3) is 0 Å². The number of benzene rings is 1. The first-order valence-corrected chi connectivity index (χ1v) is 11.9. The summed E-state index contributed by atoms with van der Waals surface area (Å²) in [6, 6.07) is 3.61. The van der Waals surface area contributed by atoms with Gasteiger partial charge in [0.15, 0.2) is 5.16 Å². The average Bonchev–Trinajstić information content (AvgIpc) is 3.18. The van der Waals surface area contributed by atoms with Gasteiger partial charge in [0.2, 0.25) is 0 Å². The van der Waals surface area contributed by atoms with Crippen molar-refractivity contribution >= 4 is 45.9 Å². The fourth-order valence-electron chi connectivity index (χ4n) is 4.04. The van der Waals surface area contributed by atoms with Gasteiger partial charge in [-0.15, -0.1) is 0 Å². The highest BCUT2D eigenvalue weighted by Gasteiger charge is 2.24. The molecule has 1 aliphatic heterocycles. The Morgan fingerprint density at radius 3 is 2.42 bits per heavy atom. The predicted octanol–water partition coefficient (Wildman–Crippen LogP) is 5.23. The van der Waals surface area contributed by atoms with E-state index >= 15 is 0 Å². The van der Waals surface area contributed by atoms with E-state index in [2.05, 4.69) is 16.9 Å². The number of aromatic nitrogens is 3. The lowest BCUT2D eigenvalue weighted by atomic mass is 9.99. The number of methoxy groups -OCH3 is 2. The number of hydrogen-bond donors (Lipinski definition) is 0. The number of likely N-dealkylation sites (tertiary alicyclic amines) is 1. The van der Waals surface area contributed by atoms with Crippen LogP contribution >= 0.6 is 35.0 Å². The smallest absolute Gasteiger partial charge is 0.187 e. The molecule has 1 atom stereocenters. The van der Waals surface area contributed by atoms with E-state index in [0.717, 1.165) is 47.7 Å². The Balaban J connectivity index is 1.92. The van der Waals surface area contributed by atoms with Crippen molar-refractivity contribution in [2.24, 2.45) is 5.92 Å². The SMILES string of the molecule is COc1cc(OC)c(Cl)c(-c2cc3cnc(SC)nc3c(CC3CCN(C)C3)n2)c1Cl. The summed E-state index contributed by atoms with van der Waals surface area (Å²) in [6.07, 6.45) is 5.77. The summed E-state index contributed by atoms with van der Waals surface area (Å²) < 4.78 is 10.9. The largest absolute Gasteiger partial charge is 0.495 e. The van der Waals surface area contributed by atoms with Crippen LogP contribution in [0.1, 0.15) is 12.1 Å². The minimum atomic E-state index is 0.397. The first-order chi connectivity index (χ1) is 14.9. The zero-order valence-electron chi connectivity index (χ0n) is 17.9. The van der Waals surface area contributed by atoms with Crippen LogP contribution in [0.15, 0.2) is 23.5 Å². The van der Waals surface area contributed by atoms with E-state index in [1.807, 2.05) is 18.5 Å². The normalized spacial score (nSPS) is 16.8. The van der Waals surface area contributed by atoms with Crippen molar-refractivity contribution in [3.05, 3.63) is 34.1 Å². The molecule has 6 nitrogen and oxygen atoms in total. The van der Waals surface area contributed by atoms with Crippen molar-refractivity contribution in [3.63, 3.8) is 0 Å². The number of ether oxygens (including phenoxy) is 2. The van der Waals surface area contributed by atoms with Gasteiger partial charge >= 0.3 is 0 Å². The lowest BCUT2D eigenvalue weighted by Gasteiger charge is -2.17. The third-order valence-electron chi connectivity index (χ3n) is 5.60. The van der Waals surface area contributed by atoms with Crippen LogP contribution in [0.2, 0.25) is 10.0 Å². The van der Waals surface area contributed by atoms with E-state index in [1.54, 1.807) is 20.3 Å². The summed E-state index contributed by atoms with van der Waals surface area (Å²) >= 11 is 14.9. The molecule has 1 fully saturated rings. The summed E-state index contributed by atoms with van der Waals surface area (Å²) in [6.45, 7) is 2.14. The Hall–Kier alpha value is -1.80. The number of thioether (sulfide) groups is 1. The quantitative estimate of drug-likeness (QED) is 0.354. The van der Waals surface area contributed by atoms with E-state index in [4.69, 9.17) is 42.6 Å². The maximum absolute atomic E-state index is 6.67. The molecule has 1 saturated heterocycles. The first-order valence-electron chi connectivity index (χ1n) is 9.94. The molecular formula is C22H24Cl2N4O2S. The Morgan fingerprint density at radius 1 is 1.13 bits per heavy atom. The second-order valence-corrected chi connectivity index (χ2v) is 9.18. The molecular weight excluding hydrogens is 455 g/mol. The van der Waals surface area contributed by atoms with Crippen LogP contribution in [0.3, 0.4) is 0 Å². The van der Waals surface area contributed by atoms with E-state index in [-0.39, 0.29) is 0 Å². The van der Waals surface area contributed by atoms with Gasteiger partial charge < -0.3 is 14.4 Å².